The molecular formula is C9H15N3S. The van der Waals surface area contributed by atoms with E-state index in [1.165, 1.54) is 37.2 Å². The maximum atomic E-state index is 4.11. The number of anilines is 1. The molecule has 1 aliphatic carbocycles. The normalized spacial score (nSPS) is 19.5. The third-order valence-corrected chi connectivity index (χ3v) is 3.76. The zero-order valence-electron chi connectivity index (χ0n) is 7.92. The van der Waals surface area contributed by atoms with Crippen molar-refractivity contribution in [3.63, 3.8) is 0 Å². The van der Waals surface area contributed by atoms with Gasteiger partial charge in [-0.15, -0.1) is 0 Å². The summed E-state index contributed by atoms with van der Waals surface area (Å²) in [5.41, 5.74) is 0.561. The number of hydrogen-bond donors (Lipinski definition) is 1. The van der Waals surface area contributed by atoms with Crippen molar-refractivity contribution in [2.75, 3.05) is 11.9 Å². The number of rotatable bonds is 4. The fourth-order valence-electron chi connectivity index (χ4n) is 1.85. The first-order valence-corrected chi connectivity index (χ1v) is 5.62. The predicted octanol–water partition coefficient (Wildman–Crippen LogP) is 2.53. The monoisotopic (exact) mass is 197 g/mol. The van der Waals surface area contributed by atoms with E-state index in [0.29, 0.717) is 5.41 Å². The van der Waals surface area contributed by atoms with Gasteiger partial charge in [-0.2, -0.15) is 4.37 Å². The summed E-state index contributed by atoms with van der Waals surface area (Å²) in [6.07, 6.45) is 7.02. The Bertz CT molecular complexity index is 248. The number of aromatic nitrogens is 2. The Morgan fingerprint density at radius 3 is 2.92 bits per heavy atom. The van der Waals surface area contributed by atoms with Crippen molar-refractivity contribution in [2.24, 2.45) is 5.41 Å². The SMILES string of the molecule is CCC1(CNc2ncns2)CCC1. The Hall–Kier alpha value is -0.640. The molecule has 0 radical (unpaired) electrons. The van der Waals surface area contributed by atoms with E-state index in [1.807, 2.05) is 0 Å². The van der Waals surface area contributed by atoms with Gasteiger partial charge in [0, 0.05) is 18.1 Å². The molecule has 13 heavy (non-hydrogen) atoms. The van der Waals surface area contributed by atoms with Crippen LogP contribution in [0, 0.1) is 5.41 Å². The highest BCUT2D eigenvalue weighted by Gasteiger charge is 2.34. The van der Waals surface area contributed by atoms with E-state index in [4.69, 9.17) is 0 Å². The summed E-state index contributed by atoms with van der Waals surface area (Å²) in [7, 11) is 0. The predicted molar refractivity (Wildman–Crippen MR) is 55.0 cm³/mol. The molecule has 1 heterocycles. The number of nitrogens with zero attached hydrogens (tertiary/aromatic N) is 2. The van der Waals surface area contributed by atoms with E-state index in [-0.39, 0.29) is 0 Å². The van der Waals surface area contributed by atoms with Gasteiger partial charge >= 0.3 is 0 Å². The lowest BCUT2D eigenvalue weighted by atomic mass is 9.67. The molecule has 1 saturated carbocycles. The first kappa shape index (κ1) is 8.94. The summed E-state index contributed by atoms with van der Waals surface area (Å²) >= 11 is 1.44. The Kier molecular flexibility index (Phi) is 2.49. The van der Waals surface area contributed by atoms with Crippen LogP contribution in [0.1, 0.15) is 32.6 Å². The molecule has 0 bridgehead atoms. The largest absolute Gasteiger partial charge is 0.360 e. The Balaban J connectivity index is 1.84. The number of nitrogens with one attached hydrogen (secondary N) is 1. The van der Waals surface area contributed by atoms with E-state index < -0.39 is 0 Å². The van der Waals surface area contributed by atoms with Gasteiger partial charge in [-0.25, -0.2) is 4.98 Å². The van der Waals surface area contributed by atoms with Crippen LogP contribution in [0.2, 0.25) is 0 Å². The highest BCUT2D eigenvalue weighted by Crippen LogP contribution is 2.43. The van der Waals surface area contributed by atoms with Crippen LogP contribution in [0.3, 0.4) is 0 Å². The first-order chi connectivity index (χ1) is 6.35. The van der Waals surface area contributed by atoms with Gasteiger partial charge in [0.1, 0.15) is 6.33 Å². The Labute approximate surface area is 82.8 Å². The van der Waals surface area contributed by atoms with E-state index in [1.54, 1.807) is 6.33 Å². The lowest BCUT2D eigenvalue weighted by Crippen LogP contribution is -2.35. The minimum atomic E-state index is 0.561. The molecule has 4 heteroatoms. The van der Waals surface area contributed by atoms with Crippen LogP contribution in [-0.4, -0.2) is 15.9 Å². The third kappa shape index (κ3) is 1.82. The molecule has 1 fully saturated rings. The maximum absolute atomic E-state index is 4.11. The molecule has 0 aliphatic heterocycles. The second-order valence-corrected chi connectivity index (χ2v) is 4.59. The Morgan fingerprint density at radius 1 is 1.62 bits per heavy atom. The van der Waals surface area contributed by atoms with Crippen LogP contribution in [0.5, 0.6) is 0 Å². The van der Waals surface area contributed by atoms with E-state index in [9.17, 15) is 0 Å². The third-order valence-electron chi connectivity index (χ3n) is 3.14. The molecule has 2 rings (SSSR count). The quantitative estimate of drug-likeness (QED) is 0.806. The topological polar surface area (TPSA) is 37.8 Å². The second-order valence-electron chi connectivity index (χ2n) is 3.81. The summed E-state index contributed by atoms with van der Waals surface area (Å²) in [6, 6.07) is 0. The smallest absolute Gasteiger partial charge is 0.202 e. The van der Waals surface area contributed by atoms with Crippen LogP contribution in [-0.2, 0) is 0 Å². The summed E-state index contributed by atoms with van der Waals surface area (Å²) in [5.74, 6) is 0. The zero-order chi connectivity index (χ0) is 9.15. The minimum absolute atomic E-state index is 0.561. The van der Waals surface area contributed by atoms with Crippen molar-refractivity contribution in [3.8, 4) is 0 Å². The second kappa shape index (κ2) is 3.62. The highest BCUT2D eigenvalue weighted by atomic mass is 32.1. The fraction of sp³-hybridized carbons (Fsp3) is 0.778. The molecule has 0 saturated heterocycles. The van der Waals surface area contributed by atoms with Crippen LogP contribution in [0.25, 0.3) is 0 Å². The standard InChI is InChI=1S/C9H15N3S/c1-2-9(4-3-5-9)6-10-8-11-7-12-13-8/h7H,2-6H2,1H3,(H,10,11,12). The summed E-state index contributed by atoms with van der Waals surface area (Å²) in [6.45, 7) is 3.35. The summed E-state index contributed by atoms with van der Waals surface area (Å²) < 4.78 is 3.96. The van der Waals surface area contributed by atoms with Crippen LogP contribution >= 0.6 is 11.5 Å². The average molecular weight is 197 g/mol. The van der Waals surface area contributed by atoms with E-state index in [2.05, 4.69) is 21.6 Å². The molecule has 1 aliphatic rings. The van der Waals surface area contributed by atoms with Gasteiger partial charge in [0.2, 0.25) is 5.13 Å². The number of hydrogen-bond acceptors (Lipinski definition) is 4. The lowest BCUT2D eigenvalue weighted by molar-refractivity contribution is 0.145. The average Bonchev–Trinajstić information content (AvgIpc) is 2.56. The minimum Gasteiger partial charge on any atom is -0.360 e. The molecule has 1 aromatic rings. The molecule has 0 amide bonds. The van der Waals surface area contributed by atoms with Crippen molar-refractivity contribution in [1.29, 1.82) is 0 Å². The zero-order valence-corrected chi connectivity index (χ0v) is 8.73. The first-order valence-electron chi connectivity index (χ1n) is 4.85. The van der Waals surface area contributed by atoms with Crippen molar-refractivity contribution < 1.29 is 0 Å². The van der Waals surface area contributed by atoms with Crippen LogP contribution in [0.4, 0.5) is 5.13 Å². The van der Waals surface area contributed by atoms with Gasteiger partial charge in [0.05, 0.1) is 0 Å². The maximum Gasteiger partial charge on any atom is 0.202 e. The van der Waals surface area contributed by atoms with Crippen molar-refractivity contribution >= 4 is 16.7 Å². The van der Waals surface area contributed by atoms with Crippen molar-refractivity contribution in [2.45, 2.75) is 32.6 Å². The molecule has 72 valence electrons. The van der Waals surface area contributed by atoms with Crippen LogP contribution < -0.4 is 5.32 Å². The molecule has 0 aromatic carbocycles. The fourth-order valence-corrected chi connectivity index (χ4v) is 2.27. The van der Waals surface area contributed by atoms with Crippen molar-refractivity contribution in [1.82, 2.24) is 9.36 Å². The summed E-state index contributed by atoms with van der Waals surface area (Å²) in [5, 5.41) is 4.32. The van der Waals surface area contributed by atoms with Gasteiger partial charge in [0.25, 0.3) is 0 Å². The Morgan fingerprint density at radius 2 is 2.46 bits per heavy atom. The molecule has 0 atom stereocenters. The molecule has 1 N–H and O–H groups in total. The van der Waals surface area contributed by atoms with Gasteiger partial charge in [-0.05, 0) is 24.7 Å². The molecule has 3 nitrogen and oxygen atoms in total. The van der Waals surface area contributed by atoms with Gasteiger partial charge < -0.3 is 5.32 Å². The van der Waals surface area contributed by atoms with E-state index >= 15 is 0 Å². The molecule has 0 unspecified atom stereocenters. The van der Waals surface area contributed by atoms with E-state index in [0.717, 1.165) is 11.7 Å². The summed E-state index contributed by atoms with van der Waals surface area (Å²) in [4.78, 5) is 4.11. The highest BCUT2D eigenvalue weighted by molar-refractivity contribution is 7.09. The van der Waals surface area contributed by atoms with Gasteiger partial charge in [-0.3, -0.25) is 0 Å². The van der Waals surface area contributed by atoms with Gasteiger partial charge in [-0.1, -0.05) is 13.3 Å². The lowest BCUT2D eigenvalue weighted by Gasteiger charge is -2.41. The molecular weight excluding hydrogens is 182 g/mol. The molecule has 0 spiro atoms. The van der Waals surface area contributed by atoms with Crippen LogP contribution in [0.15, 0.2) is 6.33 Å². The van der Waals surface area contributed by atoms with Gasteiger partial charge in [0.15, 0.2) is 0 Å². The molecule has 1 aromatic heterocycles. The van der Waals surface area contributed by atoms with Crippen molar-refractivity contribution in [3.05, 3.63) is 6.33 Å².